The van der Waals surface area contributed by atoms with Gasteiger partial charge in [-0.15, -0.1) is 11.3 Å². The molecule has 0 aliphatic carbocycles. The number of hydrogen-bond acceptors (Lipinski definition) is 4. The average Bonchev–Trinajstić information content (AvgIpc) is 3.14. The van der Waals surface area contributed by atoms with Gasteiger partial charge in [0.25, 0.3) is 5.91 Å². The fourth-order valence-electron chi connectivity index (χ4n) is 2.29. The van der Waals surface area contributed by atoms with E-state index in [4.69, 9.17) is 0 Å². The Balaban J connectivity index is 1.65. The van der Waals surface area contributed by atoms with Gasteiger partial charge in [0.05, 0.1) is 5.56 Å². The predicted octanol–water partition coefficient (Wildman–Crippen LogP) is 4.05. The molecular formula is C17H15F3N4OS. The first-order valence-corrected chi connectivity index (χ1v) is 8.47. The van der Waals surface area contributed by atoms with Gasteiger partial charge in [-0.2, -0.15) is 18.3 Å². The standard InChI is InChI=1S/C17H15F3N4OS/c1-10-7-14(23-24(10)2)15(25)22-16-21-9-13(26-16)8-11-3-5-12(6-4-11)17(18,19)20/h3-7,9H,8H2,1-2H3,(H,21,22,25). The number of nitrogens with one attached hydrogen (secondary N) is 1. The SMILES string of the molecule is Cc1cc(C(=O)Nc2ncc(Cc3ccc(C(F)(F)F)cc3)s2)nn1C. The molecule has 0 aliphatic rings. The summed E-state index contributed by atoms with van der Waals surface area (Å²) in [6.45, 7) is 1.84. The van der Waals surface area contributed by atoms with Gasteiger partial charge < -0.3 is 0 Å². The molecule has 0 fully saturated rings. The summed E-state index contributed by atoms with van der Waals surface area (Å²) in [6.07, 6.45) is -2.31. The fraction of sp³-hybridized carbons (Fsp3) is 0.235. The second kappa shape index (κ2) is 6.91. The van der Waals surface area contributed by atoms with E-state index in [-0.39, 0.29) is 5.91 Å². The fourth-order valence-corrected chi connectivity index (χ4v) is 3.13. The molecule has 1 amide bonds. The van der Waals surface area contributed by atoms with Gasteiger partial charge in [-0.1, -0.05) is 12.1 Å². The number of carbonyl (C=O) groups is 1. The zero-order valence-electron chi connectivity index (χ0n) is 14.0. The Hall–Kier alpha value is -2.68. The summed E-state index contributed by atoms with van der Waals surface area (Å²) in [6, 6.07) is 6.67. The van der Waals surface area contributed by atoms with E-state index >= 15 is 0 Å². The van der Waals surface area contributed by atoms with Crippen molar-refractivity contribution in [3.63, 3.8) is 0 Å². The molecule has 1 N–H and O–H groups in total. The van der Waals surface area contributed by atoms with Crippen molar-refractivity contribution in [1.29, 1.82) is 0 Å². The lowest BCUT2D eigenvalue weighted by Gasteiger charge is -2.06. The van der Waals surface area contributed by atoms with Crippen molar-refractivity contribution in [2.45, 2.75) is 19.5 Å². The number of amides is 1. The summed E-state index contributed by atoms with van der Waals surface area (Å²) < 4.78 is 39.4. The summed E-state index contributed by atoms with van der Waals surface area (Å²) in [5.41, 5.74) is 1.21. The van der Waals surface area contributed by atoms with Gasteiger partial charge in [0, 0.05) is 30.2 Å². The Kier molecular flexibility index (Phi) is 4.82. The van der Waals surface area contributed by atoms with Gasteiger partial charge >= 0.3 is 6.18 Å². The molecule has 0 unspecified atom stereocenters. The molecule has 0 atom stereocenters. The summed E-state index contributed by atoms with van der Waals surface area (Å²) in [5, 5.41) is 7.19. The lowest BCUT2D eigenvalue weighted by molar-refractivity contribution is -0.137. The molecular weight excluding hydrogens is 365 g/mol. The van der Waals surface area contributed by atoms with Crippen molar-refractivity contribution in [3.8, 4) is 0 Å². The number of thiazole rings is 1. The third-order valence-corrected chi connectivity index (χ3v) is 4.69. The Labute approximate surface area is 151 Å². The summed E-state index contributed by atoms with van der Waals surface area (Å²) >= 11 is 1.27. The van der Waals surface area contributed by atoms with E-state index in [9.17, 15) is 18.0 Å². The highest BCUT2D eigenvalue weighted by atomic mass is 32.1. The van der Waals surface area contributed by atoms with Crippen molar-refractivity contribution in [1.82, 2.24) is 14.8 Å². The molecule has 2 aromatic heterocycles. The van der Waals surface area contributed by atoms with Crippen molar-refractivity contribution < 1.29 is 18.0 Å². The van der Waals surface area contributed by atoms with E-state index < -0.39 is 11.7 Å². The topological polar surface area (TPSA) is 59.8 Å². The first kappa shape index (κ1) is 18.1. The maximum atomic E-state index is 12.6. The van der Waals surface area contributed by atoms with Crippen LogP contribution in [-0.4, -0.2) is 20.7 Å². The maximum absolute atomic E-state index is 12.6. The quantitative estimate of drug-likeness (QED) is 0.743. The van der Waals surface area contributed by atoms with E-state index in [1.54, 1.807) is 24.0 Å². The number of aryl methyl sites for hydroxylation is 2. The van der Waals surface area contributed by atoms with Crippen LogP contribution in [0.4, 0.5) is 18.3 Å². The number of rotatable bonds is 4. The first-order chi connectivity index (χ1) is 12.2. The third-order valence-electron chi connectivity index (χ3n) is 3.78. The Morgan fingerprint density at radius 3 is 2.54 bits per heavy atom. The maximum Gasteiger partial charge on any atom is 0.416 e. The van der Waals surface area contributed by atoms with Crippen molar-refractivity contribution in [3.05, 3.63) is 63.9 Å². The number of carbonyl (C=O) groups excluding carboxylic acids is 1. The molecule has 0 spiro atoms. The average molecular weight is 380 g/mol. The van der Waals surface area contributed by atoms with Crippen LogP contribution in [0.3, 0.4) is 0 Å². The van der Waals surface area contributed by atoms with Crippen LogP contribution in [0.1, 0.15) is 32.2 Å². The zero-order valence-corrected chi connectivity index (χ0v) is 14.8. The van der Waals surface area contributed by atoms with Crippen LogP contribution in [0.25, 0.3) is 0 Å². The summed E-state index contributed by atoms with van der Waals surface area (Å²) in [7, 11) is 1.75. The summed E-state index contributed by atoms with van der Waals surface area (Å²) in [5.74, 6) is -0.357. The molecule has 26 heavy (non-hydrogen) atoms. The van der Waals surface area contributed by atoms with Gasteiger partial charge in [0.2, 0.25) is 0 Å². The van der Waals surface area contributed by atoms with Crippen LogP contribution in [0, 0.1) is 6.92 Å². The molecule has 1 aromatic carbocycles. The van der Waals surface area contributed by atoms with Crippen molar-refractivity contribution in [2.75, 3.05) is 5.32 Å². The molecule has 136 valence electrons. The van der Waals surface area contributed by atoms with Crippen molar-refractivity contribution in [2.24, 2.45) is 7.05 Å². The number of aromatic nitrogens is 3. The molecule has 0 saturated heterocycles. The molecule has 5 nitrogen and oxygen atoms in total. The number of hydrogen-bond donors (Lipinski definition) is 1. The van der Waals surface area contributed by atoms with Gasteiger partial charge in [0.15, 0.2) is 10.8 Å². The van der Waals surface area contributed by atoms with E-state index in [1.165, 1.54) is 23.5 Å². The van der Waals surface area contributed by atoms with Crippen LogP contribution in [0.2, 0.25) is 0 Å². The van der Waals surface area contributed by atoms with Crippen LogP contribution in [0.5, 0.6) is 0 Å². The molecule has 9 heteroatoms. The Morgan fingerprint density at radius 1 is 1.27 bits per heavy atom. The van der Waals surface area contributed by atoms with Crippen molar-refractivity contribution >= 4 is 22.4 Å². The van der Waals surface area contributed by atoms with Crippen LogP contribution in [-0.2, 0) is 19.6 Å². The Bertz CT molecular complexity index is 909. The van der Waals surface area contributed by atoms with Crippen LogP contribution >= 0.6 is 11.3 Å². The van der Waals surface area contributed by atoms with Gasteiger partial charge in [-0.05, 0) is 30.7 Å². The smallest absolute Gasteiger partial charge is 0.296 e. The van der Waals surface area contributed by atoms with Gasteiger partial charge in [0.1, 0.15) is 0 Å². The van der Waals surface area contributed by atoms with Gasteiger partial charge in [-0.3, -0.25) is 14.8 Å². The normalized spacial score (nSPS) is 11.6. The molecule has 3 rings (SSSR count). The largest absolute Gasteiger partial charge is 0.416 e. The third kappa shape index (κ3) is 4.10. The number of benzene rings is 1. The molecule has 0 bridgehead atoms. The predicted molar refractivity (Wildman–Crippen MR) is 92.3 cm³/mol. The Morgan fingerprint density at radius 2 is 1.96 bits per heavy atom. The van der Waals surface area contributed by atoms with Crippen LogP contribution in [0.15, 0.2) is 36.5 Å². The first-order valence-electron chi connectivity index (χ1n) is 7.65. The van der Waals surface area contributed by atoms with E-state index in [0.29, 0.717) is 17.2 Å². The minimum atomic E-state index is -4.34. The zero-order chi connectivity index (χ0) is 18.9. The van der Waals surface area contributed by atoms with Gasteiger partial charge in [-0.25, -0.2) is 4.98 Å². The summed E-state index contributed by atoms with van der Waals surface area (Å²) in [4.78, 5) is 17.1. The van der Waals surface area contributed by atoms with E-state index in [0.717, 1.165) is 28.3 Å². The highest BCUT2D eigenvalue weighted by molar-refractivity contribution is 7.15. The van der Waals surface area contributed by atoms with E-state index in [2.05, 4.69) is 15.4 Å². The molecule has 2 heterocycles. The number of halogens is 3. The van der Waals surface area contributed by atoms with E-state index in [1.807, 2.05) is 6.92 Å². The van der Waals surface area contributed by atoms with Crippen LogP contribution < -0.4 is 5.32 Å². The number of anilines is 1. The minimum absolute atomic E-state index is 0.296. The highest BCUT2D eigenvalue weighted by Gasteiger charge is 2.29. The molecule has 0 aliphatic heterocycles. The lowest BCUT2D eigenvalue weighted by Crippen LogP contribution is -2.12. The highest BCUT2D eigenvalue weighted by Crippen LogP contribution is 2.30. The lowest BCUT2D eigenvalue weighted by atomic mass is 10.1. The second-order valence-electron chi connectivity index (χ2n) is 5.75. The molecule has 3 aromatic rings. The molecule has 0 saturated carbocycles. The second-order valence-corrected chi connectivity index (χ2v) is 6.87. The molecule has 0 radical (unpaired) electrons. The number of alkyl halides is 3. The minimum Gasteiger partial charge on any atom is -0.296 e. The monoisotopic (exact) mass is 380 g/mol. The number of nitrogens with zero attached hydrogens (tertiary/aromatic N) is 3.